The summed E-state index contributed by atoms with van der Waals surface area (Å²) in [5, 5.41) is -0.359. The zero-order chi connectivity index (χ0) is 18.9. The standard InChI is InChI=1S/C21H25FN2O2S/c22-19-8-6-18(7-9-19)15-24(20-10-11-20)27(25,26)21-12-13-23(16-21)14-17-4-2-1-3-5-17/h1-9,20-21H,10-16H2/t21-/m0/s1. The molecule has 0 aromatic heterocycles. The number of sulfonamides is 1. The van der Waals surface area contributed by atoms with Gasteiger partial charge in [0, 0.05) is 25.7 Å². The smallest absolute Gasteiger partial charge is 0.218 e. The number of hydrogen-bond acceptors (Lipinski definition) is 3. The Morgan fingerprint density at radius 1 is 0.963 bits per heavy atom. The lowest BCUT2D eigenvalue weighted by atomic mass is 10.2. The number of halogens is 1. The van der Waals surface area contributed by atoms with E-state index in [2.05, 4.69) is 17.0 Å². The van der Waals surface area contributed by atoms with E-state index in [0.29, 0.717) is 19.5 Å². The van der Waals surface area contributed by atoms with Crippen molar-refractivity contribution < 1.29 is 12.8 Å². The molecule has 6 heteroatoms. The largest absolute Gasteiger partial charge is 0.298 e. The molecule has 0 N–H and O–H groups in total. The van der Waals surface area contributed by atoms with Crippen molar-refractivity contribution in [1.82, 2.24) is 9.21 Å². The minimum atomic E-state index is -3.37. The summed E-state index contributed by atoms with van der Waals surface area (Å²) in [5.74, 6) is -0.299. The lowest BCUT2D eigenvalue weighted by Crippen LogP contribution is -2.41. The zero-order valence-corrected chi connectivity index (χ0v) is 16.1. The molecule has 1 saturated carbocycles. The first-order chi connectivity index (χ1) is 13.0. The molecule has 0 amide bonds. The number of benzene rings is 2. The fourth-order valence-corrected chi connectivity index (χ4v) is 5.92. The molecule has 0 spiro atoms. The molecule has 0 bridgehead atoms. The van der Waals surface area contributed by atoms with Crippen LogP contribution in [0.4, 0.5) is 4.39 Å². The first kappa shape index (κ1) is 18.6. The van der Waals surface area contributed by atoms with Gasteiger partial charge in [0.15, 0.2) is 0 Å². The highest BCUT2D eigenvalue weighted by atomic mass is 32.2. The highest BCUT2D eigenvalue weighted by Gasteiger charge is 2.43. The Hall–Kier alpha value is -1.76. The Morgan fingerprint density at radius 2 is 1.67 bits per heavy atom. The van der Waals surface area contributed by atoms with Crippen molar-refractivity contribution in [2.45, 2.75) is 43.6 Å². The molecule has 1 aliphatic carbocycles. The van der Waals surface area contributed by atoms with Crippen LogP contribution >= 0.6 is 0 Å². The molecule has 2 aromatic carbocycles. The molecule has 27 heavy (non-hydrogen) atoms. The third kappa shape index (κ3) is 4.39. The number of likely N-dealkylation sites (tertiary alicyclic amines) is 1. The molecule has 2 aliphatic rings. The van der Waals surface area contributed by atoms with Crippen molar-refractivity contribution in [1.29, 1.82) is 0 Å². The SMILES string of the molecule is O=S(=O)([C@H]1CCN(Cc2ccccc2)C1)N(Cc1ccc(F)cc1)C1CC1. The number of rotatable bonds is 7. The molecular formula is C21H25FN2O2S. The van der Waals surface area contributed by atoms with Crippen molar-refractivity contribution in [3.63, 3.8) is 0 Å². The molecular weight excluding hydrogens is 363 g/mol. The Labute approximate surface area is 160 Å². The van der Waals surface area contributed by atoms with Gasteiger partial charge in [-0.15, -0.1) is 0 Å². The predicted octanol–water partition coefficient (Wildman–Crippen LogP) is 3.39. The molecule has 0 radical (unpaired) electrons. The molecule has 0 unspecified atom stereocenters. The number of nitrogens with zero attached hydrogens (tertiary/aromatic N) is 2. The van der Waals surface area contributed by atoms with Crippen LogP contribution in [-0.4, -0.2) is 42.0 Å². The second-order valence-corrected chi connectivity index (χ2v) is 9.74. The highest BCUT2D eigenvalue weighted by molar-refractivity contribution is 7.89. The third-order valence-corrected chi connectivity index (χ3v) is 7.74. The summed E-state index contributed by atoms with van der Waals surface area (Å²) in [6.07, 6.45) is 2.50. The van der Waals surface area contributed by atoms with E-state index in [0.717, 1.165) is 31.5 Å². The summed E-state index contributed by atoms with van der Waals surface area (Å²) < 4.78 is 41.4. The van der Waals surface area contributed by atoms with Crippen LogP contribution in [0, 0.1) is 5.82 Å². The van der Waals surface area contributed by atoms with Gasteiger partial charge in [0.05, 0.1) is 5.25 Å². The topological polar surface area (TPSA) is 40.6 Å². The minimum Gasteiger partial charge on any atom is -0.298 e. The normalized spacial score (nSPS) is 21.0. The maximum atomic E-state index is 13.3. The molecule has 2 aromatic rings. The molecule has 4 rings (SSSR count). The molecule has 2 fully saturated rings. The maximum Gasteiger partial charge on any atom is 0.218 e. The lowest BCUT2D eigenvalue weighted by molar-refractivity contribution is 0.328. The average molecular weight is 389 g/mol. The van der Waals surface area contributed by atoms with Crippen molar-refractivity contribution in [2.75, 3.05) is 13.1 Å². The fourth-order valence-electron chi connectivity index (χ4n) is 3.78. The first-order valence-corrected chi connectivity index (χ1v) is 11.0. The van der Waals surface area contributed by atoms with Crippen molar-refractivity contribution in [3.8, 4) is 0 Å². The molecule has 144 valence electrons. The van der Waals surface area contributed by atoms with E-state index in [1.807, 2.05) is 18.2 Å². The molecule has 1 atom stereocenters. The van der Waals surface area contributed by atoms with E-state index < -0.39 is 10.0 Å². The van der Waals surface area contributed by atoms with Gasteiger partial charge in [-0.05, 0) is 49.1 Å². The summed E-state index contributed by atoms with van der Waals surface area (Å²) in [6, 6.07) is 16.4. The fraction of sp³-hybridized carbons (Fsp3) is 0.429. The first-order valence-electron chi connectivity index (χ1n) is 9.54. The molecule has 1 saturated heterocycles. The summed E-state index contributed by atoms with van der Waals surface area (Å²) in [5.41, 5.74) is 2.05. The van der Waals surface area contributed by atoms with Gasteiger partial charge in [0.25, 0.3) is 0 Å². The van der Waals surface area contributed by atoms with Crippen LogP contribution in [0.5, 0.6) is 0 Å². The van der Waals surface area contributed by atoms with E-state index in [1.54, 1.807) is 16.4 Å². The predicted molar refractivity (Wildman–Crippen MR) is 104 cm³/mol. The second kappa shape index (κ2) is 7.70. The Kier molecular flexibility index (Phi) is 5.30. The van der Waals surface area contributed by atoms with E-state index in [9.17, 15) is 12.8 Å². The van der Waals surface area contributed by atoms with Crippen LogP contribution in [0.1, 0.15) is 30.4 Å². The van der Waals surface area contributed by atoms with Crippen LogP contribution in [0.25, 0.3) is 0 Å². The Balaban J connectivity index is 1.45. The van der Waals surface area contributed by atoms with E-state index in [1.165, 1.54) is 17.7 Å². The van der Waals surface area contributed by atoms with Crippen LogP contribution in [-0.2, 0) is 23.1 Å². The van der Waals surface area contributed by atoms with Gasteiger partial charge in [-0.25, -0.2) is 12.8 Å². The second-order valence-electron chi connectivity index (χ2n) is 7.58. The monoisotopic (exact) mass is 388 g/mol. The molecule has 1 heterocycles. The minimum absolute atomic E-state index is 0.100. The van der Waals surface area contributed by atoms with E-state index in [4.69, 9.17) is 0 Å². The van der Waals surface area contributed by atoms with Crippen LogP contribution in [0.3, 0.4) is 0 Å². The van der Waals surface area contributed by atoms with Gasteiger partial charge in [-0.3, -0.25) is 4.90 Å². The van der Waals surface area contributed by atoms with Crippen molar-refractivity contribution in [3.05, 3.63) is 71.5 Å². The van der Waals surface area contributed by atoms with Gasteiger partial charge in [-0.2, -0.15) is 4.31 Å². The Morgan fingerprint density at radius 3 is 2.33 bits per heavy atom. The number of hydrogen-bond donors (Lipinski definition) is 0. The maximum absolute atomic E-state index is 13.3. The highest BCUT2D eigenvalue weighted by Crippen LogP contribution is 2.34. The summed E-state index contributed by atoms with van der Waals surface area (Å²) >= 11 is 0. The van der Waals surface area contributed by atoms with Crippen molar-refractivity contribution in [2.24, 2.45) is 0 Å². The van der Waals surface area contributed by atoms with Gasteiger partial charge >= 0.3 is 0 Å². The zero-order valence-electron chi connectivity index (χ0n) is 15.3. The van der Waals surface area contributed by atoms with Gasteiger partial charge in [-0.1, -0.05) is 42.5 Å². The van der Waals surface area contributed by atoms with Gasteiger partial charge in [0.1, 0.15) is 5.82 Å². The van der Waals surface area contributed by atoms with Gasteiger partial charge in [0.2, 0.25) is 10.0 Å². The van der Waals surface area contributed by atoms with Crippen molar-refractivity contribution >= 4 is 10.0 Å². The van der Waals surface area contributed by atoms with Crippen LogP contribution < -0.4 is 0 Å². The Bertz CT molecular complexity index is 867. The third-order valence-electron chi connectivity index (χ3n) is 5.43. The molecule has 1 aliphatic heterocycles. The summed E-state index contributed by atoms with van der Waals surface area (Å²) in [6.45, 7) is 2.49. The summed E-state index contributed by atoms with van der Waals surface area (Å²) in [4.78, 5) is 2.22. The summed E-state index contributed by atoms with van der Waals surface area (Å²) in [7, 11) is -3.37. The van der Waals surface area contributed by atoms with E-state index >= 15 is 0 Å². The van der Waals surface area contributed by atoms with Crippen LogP contribution in [0.15, 0.2) is 54.6 Å². The average Bonchev–Trinajstić information content (AvgIpc) is 3.39. The van der Waals surface area contributed by atoms with Gasteiger partial charge < -0.3 is 0 Å². The quantitative estimate of drug-likeness (QED) is 0.730. The molecule has 4 nitrogen and oxygen atoms in total. The van der Waals surface area contributed by atoms with Crippen LogP contribution in [0.2, 0.25) is 0 Å². The lowest BCUT2D eigenvalue weighted by Gasteiger charge is -2.26. The van der Waals surface area contributed by atoms with E-state index in [-0.39, 0.29) is 17.1 Å².